The molecule has 16 heavy (non-hydrogen) atoms. The minimum atomic E-state index is -0.436. The van der Waals surface area contributed by atoms with Gasteiger partial charge in [0.05, 0.1) is 19.2 Å². The smallest absolute Gasteiger partial charge is 0.339 e. The highest BCUT2D eigenvalue weighted by Gasteiger charge is 2.08. The number of hydrogen-bond acceptors (Lipinski definition) is 3. The molecule has 0 saturated carbocycles. The molecule has 0 amide bonds. The van der Waals surface area contributed by atoms with Gasteiger partial charge in [0.1, 0.15) is 0 Å². The Labute approximate surface area is 92.7 Å². The van der Waals surface area contributed by atoms with Crippen LogP contribution in [-0.4, -0.2) is 19.6 Å². The molecule has 0 bridgehead atoms. The van der Waals surface area contributed by atoms with Gasteiger partial charge in [0.2, 0.25) is 0 Å². The minimum absolute atomic E-state index is 0.0754. The van der Waals surface area contributed by atoms with Crippen LogP contribution in [0.1, 0.15) is 15.9 Å². The molecule has 0 spiro atoms. The van der Waals surface area contributed by atoms with Gasteiger partial charge in [-0.2, -0.15) is 0 Å². The summed E-state index contributed by atoms with van der Waals surface area (Å²) in [6.07, 6.45) is 0. The average Bonchev–Trinajstić information content (AvgIpc) is 2.34. The summed E-state index contributed by atoms with van der Waals surface area (Å²) in [7, 11) is 1.31. The van der Waals surface area contributed by atoms with Gasteiger partial charge in [-0.25, -0.2) is 4.79 Å². The molecule has 0 aliphatic rings. The molecular weight excluding hydrogens is 206 g/mol. The summed E-state index contributed by atoms with van der Waals surface area (Å²) >= 11 is 0. The molecule has 5 nitrogen and oxygen atoms in total. The molecule has 80 valence electrons. The first-order valence-electron chi connectivity index (χ1n) is 4.46. The predicted molar refractivity (Wildman–Crippen MR) is 58.7 cm³/mol. The molecule has 0 aromatic heterocycles. The number of rotatable bonds is 2. The van der Waals surface area contributed by atoms with Gasteiger partial charge in [0.15, 0.2) is 0 Å². The summed E-state index contributed by atoms with van der Waals surface area (Å²) in [5.74, 6) is 4.95. The first-order chi connectivity index (χ1) is 7.79. The number of carbonyl (C=O) groups is 1. The highest BCUT2D eigenvalue weighted by molar-refractivity contribution is 5.92. The second-order valence-electron chi connectivity index (χ2n) is 2.73. The maximum Gasteiger partial charge on any atom is 0.339 e. The predicted octanol–water partition coefficient (Wildman–Crippen LogP) is 2.13. The Hall–Kier alpha value is -2.44. The van der Waals surface area contributed by atoms with Crippen molar-refractivity contribution in [2.45, 2.75) is 0 Å². The van der Waals surface area contributed by atoms with Crippen molar-refractivity contribution in [2.24, 2.45) is 5.11 Å². The van der Waals surface area contributed by atoms with E-state index < -0.39 is 5.97 Å². The molecule has 0 saturated heterocycles. The van der Waals surface area contributed by atoms with Gasteiger partial charge in [-0.05, 0) is 17.7 Å². The molecule has 0 radical (unpaired) electrons. The fraction of sp³-hybridized carbons (Fsp3) is 0.182. The maximum atomic E-state index is 11.4. The second kappa shape index (κ2) is 6.12. The highest BCUT2D eigenvalue weighted by atomic mass is 16.5. The SMILES string of the molecule is COC(=O)c1ccccc1C#CCN=[N+]=[N-]. The van der Waals surface area contributed by atoms with Crippen molar-refractivity contribution >= 4 is 5.97 Å². The number of benzene rings is 1. The Morgan fingerprint density at radius 2 is 2.31 bits per heavy atom. The van der Waals surface area contributed by atoms with Crippen molar-refractivity contribution in [2.75, 3.05) is 13.7 Å². The molecule has 5 heteroatoms. The van der Waals surface area contributed by atoms with E-state index in [2.05, 4.69) is 26.6 Å². The van der Waals surface area contributed by atoms with E-state index in [-0.39, 0.29) is 6.54 Å². The lowest BCUT2D eigenvalue weighted by molar-refractivity contribution is 0.0600. The van der Waals surface area contributed by atoms with Crippen molar-refractivity contribution in [1.82, 2.24) is 0 Å². The average molecular weight is 215 g/mol. The summed E-state index contributed by atoms with van der Waals surface area (Å²) in [4.78, 5) is 13.9. The third kappa shape index (κ3) is 3.05. The van der Waals surface area contributed by atoms with Crippen LogP contribution < -0.4 is 0 Å². The van der Waals surface area contributed by atoms with Gasteiger partial charge < -0.3 is 4.74 Å². The first kappa shape index (κ1) is 11.6. The third-order valence-corrected chi connectivity index (χ3v) is 1.77. The van der Waals surface area contributed by atoms with Crippen LogP contribution in [0.5, 0.6) is 0 Å². The largest absolute Gasteiger partial charge is 0.465 e. The molecule has 0 aliphatic heterocycles. The maximum absolute atomic E-state index is 11.4. The van der Waals surface area contributed by atoms with E-state index in [1.165, 1.54) is 7.11 Å². The molecule has 1 aromatic rings. The van der Waals surface area contributed by atoms with Crippen LogP contribution in [0.3, 0.4) is 0 Å². The fourth-order valence-electron chi connectivity index (χ4n) is 1.08. The Bertz CT molecular complexity index is 493. The van der Waals surface area contributed by atoms with Crippen LogP contribution in [0.4, 0.5) is 0 Å². The first-order valence-corrected chi connectivity index (χ1v) is 4.46. The van der Waals surface area contributed by atoms with Gasteiger partial charge in [0, 0.05) is 10.5 Å². The summed E-state index contributed by atoms with van der Waals surface area (Å²) in [6.45, 7) is 0.0754. The molecule has 1 aromatic carbocycles. The van der Waals surface area contributed by atoms with Gasteiger partial charge in [-0.15, -0.1) is 0 Å². The zero-order valence-corrected chi connectivity index (χ0v) is 8.67. The van der Waals surface area contributed by atoms with E-state index in [0.717, 1.165) is 0 Å². The number of ether oxygens (including phenoxy) is 1. The number of methoxy groups -OCH3 is 1. The highest BCUT2D eigenvalue weighted by Crippen LogP contribution is 2.08. The van der Waals surface area contributed by atoms with E-state index in [9.17, 15) is 4.79 Å². The Kier molecular flexibility index (Phi) is 4.45. The number of hydrogen-bond donors (Lipinski definition) is 0. The molecule has 0 aliphatic carbocycles. The molecule has 0 heterocycles. The van der Waals surface area contributed by atoms with E-state index in [4.69, 9.17) is 5.53 Å². The van der Waals surface area contributed by atoms with Crippen LogP contribution in [-0.2, 0) is 4.74 Å². The Morgan fingerprint density at radius 3 is 3.00 bits per heavy atom. The molecule has 0 fully saturated rings. The Balaban J connectivity index is 2.97. The van der Waals surface area contributed by atoms with Crippen molar-refractivity contribution in [3.05, 3.63) is 45.8 Å². The van der Waals surface area contributed by atoms with Gasteiger partial charge in [-0.1, -0.05) is 29.1 Å². The summed E-state index contributed by atoms with van der Waals surface area (Å²) in [6, 6.07) is 6.83. The third-order valence-electron chi connectivity index (χ3n) is 1.77. The topological polar surface area (TPSA) is 75.1 Å². The summed E-state index contributed by atoms with van der Waals surface area (Å²) < 4.78 is 4.62. The quantitative estimate of drug-likeness (QED) is 0.249. The van der Waals surface area contributed by atoms with E-state index in [1.807, 2.05) is 0 Å². The van der Waals surface area contributed by atoms with Crippen molar-refractivity contribution in [3.8, 4) is 11.8 Å². The lowest BCUT2D eigenvalue weighted by atomic mass is 10.1. The number of nitrogens with zero attached hydrogens (tertiary/aromatic N) is 3. The lowest BCUT2D eigenvalue weighted by Crippen LogP contribution is -2.03. The molecule has 0 N–H and O–H groups in total. The zero-order valence-electron chi connectivity index (χ0n) is 8.67. The van der Waals surface area contributed by atoms with Crippen molar-refractivity contribution in [1.29, 1.82) is 0 Å². The fourth-order valence-corrected chi connectivity index (χ4v) is 1.08. The van der Waals surface area contributed by atoms with E-state index in [0.29, 0.717) is 11.1 Å². The lowest BCUT2D eigenvalue weighted by Gasteiger charge is -2.00. The molecule has 0 unspecified atom stereocenters. The van der Waals surface area contributed by atoms with Crippen LogP contribution in [0.15, 0.2) is 29.4 Å². The van der Waals surface area contributed by atoms with E-state index in [1.54, 1.807) is 24.3 Å². The molecule has 1 rings (SSSR count). The van der Waals surface area contributed by atoms with Crippen LogP contribution >= 0.6 is 0 Å². The standard InChI is InChI=1S/C11H9N3O2/c1-16-11(15)10-7-3-2-5-9(10)6-4-8-13-14-12/h2-3,5,7H,8H2,1H3. The van der Waals surface area contributed by atoms with Gasteiger partial charge in [0.25, 0.3) is 0 Å². The van der Waals surface area contributed by atoms with Crippen molar-refractivity contribution < 1.29 is 9.53 Å². The van der Waals surface area contributed by atoms with E-state index >= 15 is 0 Å². The number of carbonyl (C=O) groups excluding carboxylic acids is 1. The monoisotopic (exact) mass is 215 g/mol. The number of azide groups is 1. The van der Waals surface area contributed by atoms with Gasteiger partial charge >= 0.3 is 5.97 Å². The van der Waals surface area contributed by atoms with Crippen LogP contribution in [0.2, 0.25) is 0 Å². The Morgan fingerprint density at radius 1 is 1.56 bits per heavy atom. The van der Waals surface area contributed by atoms with Crippen molar-refractivity contribution in [3.63, 3.8) is 0 Å². The molecule has 0 atom stereocenters. The number of esters is 1. The zero-order chi connectivity index (χ0) is 11.8. The molecular formula is C11H9N3O2. The minimum Gasteiger partial charge on any atom is -0.465 e. The van der Waals surface area contributed by atoms with Crippen LogP contribution in [0.25, 0.3) is 10.4 Å². The van der Waals surface area contributed by atoms with Gasteiger partial charge in [-0.3, -0.25) is 0 Å². The summed E-state index contributed by atoms with van der Waals surface area (Å²) in [5.41, 5.74) is 9.02. The second-order valence-corrected chi connectivity index (χ2v) is 2.73. The normalized spacial score (nSPS) is 8.31. The summed E-state index contributed by atoms with van der Waals surface area (Å²) in [5, 5.41) is 3.27. The van der Waals surface area contributed by atoms with Crippen LogP contribution in [0, 0.1) is 11.8 Å².